The zero-order valence-corrected chi connectivity index (χ0v) is 10.6. The van der Waals surface area contributed by atoms with Gasteiger partial charge in [-0.05, 0) is 19.8 Å². The Morgan fingerprint density at radius 1 is 1.29 bits per heavy atom. The van der Waals surface area contributed by atoms with Crippen molar-refractivity contribution in [2.75, 3.05) is 11.9 Å². The van der Waals surface area contributed by atoms with Crippen LogP contribution in [0.15, 0.2) is 6.07 Å². The van der Waals surface area contributed by atoms with E-state index in [2.05, 4.69) is 10.3 Å². The van der Waals surface area contributed by atoms with Gasteiger partial charge >= 0.3 is 0 Å². The monoisotopic (exact) mass is 244 g/mol. The molecule has 1 rings (SSSR count). The van der Waals surface area contributed by atoms with Gasteiger partial charge in [0.05, 0.1) is 0 Å². The summed E-state index contributed by atoms with van der Waals surface area (Å²) in [5.74, 6) is -1.42. The van der Waals surface area contributed by atoms with Crippen molar-refractivity contribution in [3.05, 3.63) is 17.7 Å². The summed E-state index contributed by atoms with van der Waals surface area (Å²) in [4.78, 5) is 3.80. The molecular weight excluding hydrogens is 226 g/mol. The van der Waals surface area contributed by atoms with Gasteiger partial charge in [-0.3, -0.25) is 0 Å². The maximum Gasteiger partial charge on any atom is 0.252 e. The average molecular weight is 244 g/mol. The van der Waals surface area contributed by atoms with E-state index in [0.717, 1.165) is 6.07 Å². The number of aromatic nitrogens is 1. The van der Waals surface area contributed by atoms with E-state index in [-0.39, 0.29) is 23.7 Å². The number of rotatable bonds is 5. The van der Waals surface area contributed by atoms with Gasteiger partial charge in [0.2, 0.25) is 0 Å². The summed E-state index contributed by atoms with van der Waals surface area (Å²) in [6.07, 6.45) is -0.183. The number of halogens is 2. The largest absolute Gasteiger partial charge is 0.472 e. The summed E-state index contributed by atoms with van der Waals surface area (Å²) in [5.41, 5.74) is 0. The molecule has 3 nitrogen and oxygen atoms in total. The Morgan fingerprint density at radius 2 is 1.94 bits per heavy atom. The molecular formula is C12H18F2N2O. The molecule has 0 saturated carbocycles. The number of nitrogens with one attached hydrogen (secondary N) is 1. The summed E-state index contributed by atoms with van der Waals surface area (Å²) in [5, 5.41) is 2.71. The van der Waals surface area contributed by atoms with Crippen LogP contribution in [0.4, 0.5) is 14.6 Å². The van der Waals surface area contributed by atoms with Crippen molar-refractivity contribution in [1.29, 1.82) is 0 Å². The molecule has 0 aliphatic carbocycles. The molecule has 0 aliphatic heterocycles. The molecule has 5 heteroatoms. The molecule has 0 radical (unpaired) electrons. The molecule has 1 unspecified atom stereocenters. The minimum Gasteiger partial charge on any atom is -0.472 e. The second-order valence-electron chi connectivity index (χ2n) is 4.20. The van der Waals surface area contributed by atoms with E-state index in [4.69, 9.17) is 4.74 Å². The Balaban J connectivity index is 2.95. The molecule has 1 atom stereocenters. The van der Waals surface area contributed by atoms with Crippen LogP contribution in [0.25, 0.3) is 0 Å². The quantitative estimate of drug-likeness (QED) is 0.863. The Morgan fingerprint density at radius 3 is 2.47 bits per heavy atom. The number of nitrogens with zero attached hydrogens (tertiary/aromatic N) is 1. The third-order valence-corrected chi connectivity index (χ3v) is 2.48. The first kappa shape index (κ1) is 13.7. The standard InChI is InChI=1S/C12H18F2N2O/c1-5-15-11-9(13)6-10(14)12(16-11)17-8(4)7(2)3/h6-8H,5H2,1-4H3,(H,15,16). The molecule has 0 spiro atoms. The van der Waals surface area contributed by atoms with E-state index >= 15 is 0 Å². The van der Waals surface area contributed by atoms with Crippen molar-refractivity contribution in [2.45, 2.75) is 33.8 Å². The van der Waals surface area contributed by atoms with Crippen LogP contribution >= 0.6 is 0 Å². The number of pyridine rings is 1. The zero-order chi connectivity index (χ0) is 13.0. The third-order valence-electron chi connectivity index (χ3n) is 2.48. The molecule has 0 fully saturated rings. The van der Waals surface area contributed by atoms with Gasteiger partial charge in [0.1, 0.15) is 6.10 Å². The van der Waals surface area contributed by atoms with Crippen molar-refractivity contribution in [3.8, 4) is 5.88 Å². The number of ether oxygens (including phenoxy) is 1. The molecule has 17 heavy (non-hydrogen) atoms. The highest BCUT2D eigenvalue weighted by Crippen LogP contribution is 2.22. The van der Waals surface area contributed by atoms with Crippen molar-refractivity contribution in [3.63, 3.8) is 0 Å². The molecule has 1 N–H and O–H groups in total. The van der Waals surface area contributed by atoms with Crippen LogP contribution in [-0.4, -0.2) is 17.6 Å². The maximum absolute atomic E-state index is 13.4. The molecule has 1 aromatic heterocycles. The lowest BCUT2D eigenvalue weighted by Crippen LogP contribution is -2.20. The average Bonchev–Trinajstić information content (AvgIpc) is 2.24. The topological polar surface area (TPSA) is 34.2 Å². The molecule has 96 valence electrons. The SMILES string of the molecule is CCNc1nc(OC(C)C(C)C)c(F)cc1F. The summed E-state index contributed by atoms with van der Waals surface area (Å²) in [6.45, 7) is 8.05. The first-order valence-corrected chi connectivity index (χ1v) is 5.72. The smallest absolute Gasteiger partial charge is 0.252 e. The lowest BCUT2D eigenvalue weighted by atomic mass is 10.1. The summed E-state index contributed by atoms with van der Waals surface area (Å²) >= 11 is 0. The highest BCUT2D eigenvalue weighted by atomic mass is 19.1. The number of anilines is 1. The fourth-order valence-corrected chi connectivity index (χ4v) is 1.14. The molecule has 0 bridgehead atoms. The fourth-order valence-electron chi connectivity index (χ4n) is 1.14. The summed E-state index contributed by atoms with van der Waals surface area (Å²) in [7, 11) is 0. The van der Waals surface area contributed by atoms with Crippen molar-refractivity contribution < 1.29 is 13.5 Å². The molecule has 0 saturated heterocycles. The van der Waals surface area contributed by atoms with Gasteiger partial charge in [-0.1, -0.05) is 13.8 Å². The Kier molecular flexibility index (Phi) is 4.66. The number of hydrogen-bond acceptors (Lipinski definition) is 3. The van der Waals surface area contributed by atoms with Gasteiger partial charge in [-0.2, -0.15) is 4.98 Å². The van der Waals surface area contributed by atoms with Gasteiger partial charge in [-0.15, -0.1) is 0 Å². The molecule has 0 aliphatic rings. The zero-order valence-electron chi connectivity index (χ0n) is 10.6. The van der Waals surface area contributed by atoms with Gasteiger partial charge in [0.15, 0.2) is 17.5 Å². The third kappa shape index (κ3) is 3.54. The second kappa shape index (κ2) is 5.80. The lowest BCUT2D eigenvalue weighted by Gasteiger charge is -2.18. The van der Waals surface area contributed by atoms with E-state index in [1.165, 1.54) is 0 Å². The Bertz CT molecular complexity index is 383. The van der Waals surface area contributed by atoms with Crippen LogP contribution < -0.4 is 10.1 Å². The number of hydrogen-bond donors (Lipinski definition) is 1. The highest BCUT2D eigenvalue weighted by Gasteiger charge is 2.16. The van der Waals surface area contributed by atoms with E-state index in [1.807, 2.05) is 27.7 Å². The van der Waals surface area contributed by atoms with Crippen LogP contribution in [0.5, 0.6) is 5.88 Å². The highest BCUT2D eigenvalue weighted by molar-refractivity contribution is 5.39. The van der Waals surface area contributed by atoms with Crippen molar-refractivity contribution in [1.82, 2.24) is 4.98 Å². The van der Waals surface area contributed by atoms with Crippen LogP contribution in [0, 0.1) is 17.6 Å². The second-order valence-corrected chi connectivity index (χ2v) is 4.20. The minimum atomic E-state index is -0.781. The van der Waals surface area contributed by atoms with Crippen LogP contribution in [0.3, 0.4) is 0 Å². The van der Waals surface area contributed by atoms with Crippen molar-refractivity contribution >= 4 is 5.82 Å². The molecule has 0 aromatic carbocycles. The molecule has 1 heterocycles. The first-order chi connectivity index (χ1) is 7.95. The predicted octanol–water partition coefficient (Wildman–Crippen LogP) is 3.21. The van der Waals surface area contributed by atoms with Crippen molar-refractivity contribution in [2.24, 2.45) is 5.92 Å². The maximum atomic E-state index is 13.4. The van der Waals surface area contributed by atoms with Crippen LogP contribution in [-0.2, 0) is 0 Å². The van der Waals surface area contributed by atoms with E-state index in [1.54, 1.807) is 0 Å². The van der Waals surface area contributed by atoms with Crippen LogP contribution in [0.1, 0.15) is 27.7 Å². The van der Waals surface area contributed by atoms with E-state index in [0.29, 0.717) is 6.54 Å². The minimum absolute atomic E-state index is 0.0138. The Hall–Kier alpha value is -1.39. The lowest BCUT2D eigenvalue weighted by molar-refractivity contribution is 0.155. The van der Waals surface area contributed by atoms with E-state index in [9.17, 15) is 8.78 Å². The first-order valence-electron chi connectivity index (χ1n) is 5.72. The molecule has 0 amide bonds. The van der Waals surface area contributed by atoms with E-state index < -0.39 is 11.6 Å². The predicted molar refractivity (Wildman–Crippen MR) is 63.2 cm³/mol. The summed E-state index contributed by atoms with van der Waals surface area (Å²) in [6, 6.07) is 0.785. The molecule has 1 aromatic rings. The summed E-state index contributed by atoms with van der Waals surface area (Å²) < 4.78 is 32.1. The van der Waals surface area contributed by atoms with Gasteiger partial charge in [0.25, 0.3) is 5.88 Å². The fraction of sp³-hybridized carbons (Fsp3) is 0.583. The van der Waals surface area contributed by atoms with Gasteiger partial charge < -0.3 is 10.1 Å². The Labute approximate surface area is 100 Å². The normalized spacial score (nSPS) is 12.6. The van der Waals surface area contributed by atoms with Gasteiger partial charge in [-0.25, -0.2) is 8.78 Å². The van der Waals surface area contributed by atoms with Crippen LogP contribution in [0.2, 0.25) is 0 Å². The van der Waals surface area contributed by atoms with Gasteiger partial charge in [0, 0.05) is 12.6 Å².